The van der Waals surface area contributed by atoms with Crippen LogP contribution in [-0.4, -0.2) is 21.0 Å². The van der Waals surface area contributed by atoms with Crippen LogP contribution in [0.3, 0.4) is 0 Å². The van der Waals surface area contributed by atoms with Gasteiger partial charge in [-0.1, -0.05) is 24.3 Å². The third kappa shape index (κ3) is 2.18. The Kier molecular flexibility index (Phi) is 3.13. The van der Waals surface area contributed by atoms with Crippen LogP contribution in [0.4, 0.5) is 4.39 Å². The van der Waals surface area contributed by atoms with E-state index in [4.69, 9.17) is 0 Å². The molecule has 114 valence electrons. The third-order valence-corrected chi connectivity index (χ3v) is 5.17. The van der Waals surface area contributed by atoms with Gasteiger partial charge < -0.3 is 4.57 Å². The van der Waals surface area contributed by atoms with E-state index in [2.05, 4.69) is 21.7 Å². The molecule has 0 saturated heterocycles. The number of Topliss-reactive ketones (excluding diaryl/α,β-unsaturated/α-hetero) is 1. The molecular formula is C18H19FN2O. The van der Waals surface area contributed by atoms with Crippen LogP contribution in [0.2, 0.25) is 0 Å². The van der Waals surface area contributed by atoms with Crippen molar-refractivity contribution in [2.45, 2.75) is 50.2 Å². The maximum absolute atomic E-state index is 14.9. The lowest BCUT2D eigenvalue weighted by molar-refractivity contribution is -0.123. The minimum absolute atomic E-state index is 0.166. The largest absolute Gasteiger partial charge is 0.323 e. The van der Waals surface area contributed by atoms with Gasteiger partial charge in [0, 0.05) is 18.4 Å². The fraction of sp³-hybridized carbons (Fsp3) is 0.444. The second-order valence-corrected chi connectivity index (χ2v) is 6.52. The van der Waals surface area contributed by atoms with Crippen LogP contribution < -0.4 is 0 Å². The summed E-state index contributed by atoms with van der Waals surface area (Å²) in [6.45, 7) is 0. The highest BCUT2D eigenvalue weighted by atomic mass is 19.1. The zero-order valence-corrected chi connectivity index (χ0v) is 12.5. The van der Waals surface area contributed by atoms with Gasteiger partial charge >= 0.3 is 0 Å². The molecule has 0 bridgehead atoms. The Hall–Kier alpha value is -1.97. The maximum Gasteiger partial charge on any atom is 0.133 e. The Balaban J connectivity index is 1.55. The second kappa shape index (κ2) is 5.04. The highest BCUT2D eigenvalue weighted by Gasteiger charge is 2.36. The minimum atomic E-state index is -1.17. The number of hydrogen-bond acceptors (Lipinski definition) is 2. The quantitative estimate of drug-likeness (QED) is 0.855. The summed E-state index contributed by atoms with van der Waals surface area (Å²) in [4.78, 5) is 15.6. The van der Waals surface area contributed by atoms with Crippen LogP contribution in [0.1, 0.15) is 50.1 Å². The number of rotatable bonds is 3. The number of hydrogen-bond donors (Lipinski definition) is 0. The van der Waals surface area contributed by atoms with Crippen molar-refractivity contribution in [1.82, 2.24) is 9.55 Å². The topological polar surface area (TPSA) is 34.9 Å². The fourth-order valence-corrected chi connectivity index (χ4v) is 3.85. The van der Waals surface area contributed by atoms with Crippen LogP contribution in [0.5, 0.6) is 0 Å². The SMILES string of the molecule is O=C1CCC(F)(CCC2c3ccccc3-c3cncn32)CC1. The molecule has 0 spiro atoms. The minimum Gasteiger partial charge on any atom is -0.323 e. The third-order valence-electron chi connectivity index (χ3n) is 5.17. The van der Waals surface area contributed by atoms with E-state index in [9.17, 15) is 9.18 Å². The predicted molar refractivity (Wildman–Crippen MR) is 82.4 cm³/mol. The molecule has 1 unspecified atom stereocenters. The number of nitrogens with zero attached hydrogens (tertiary/aromatic N) is 2. The van der Waals surface area contributed by atoms with Gasteiger partial charge in [0.25, 0.3) is 0 Å². The highest BCUT2D eigenvalue weighted by molar-refractivity contribution is 5.79. The van der Waals surface area contributed by atoms with Gasteiger partial charge in [-0.2, -0.15) is 0 Å². The molecule has 2 aromatic rings. The first-order valence-corrected chi connectivity index (χ1v) is 7.98. The van der Waals surface area contributed by atoms with Gasteiger partial charge in [0.05, 0.1) is 24.3 Å². The molecule has 1 aromatic heterocycles. The summed E-state index contributed by atoms with van der Waals surface area (Å²) in [6, 6.07) is 8.47. The fourth-order valence-electron chi connectivity index (χ4n) is 3.85. The van der Waals surface area contributed by atoms with Crippen molar-refractivity contribution in [2.24, 2.45) is 0 Å². The van der Waals surface area contributed by atoms with Crippen LogP contribution in [0, 0.1) is 0 Å². The normalized spacial score (nSPS) is 22.4. The zero-order valence-electron chi connectivity index (χ0n) is 12.5. The molecule has 1 aliphatic carbocycles. The Morgan fingerprint density at radius 3 is 2.86 bits per heavy atom. The smallest absolute Gasteiger partial charge is 0.133 e. The summed E-state index contributed by atoms with van der Waals surface area (Å²) >= 11 is 0. The van der Waals surface area contributed by atoms with Crippen molar-refractivity contribution in [3.8, 4) is 11.3 Å². The summed E-state index contributed by atoms with van der Waals surface area (Å²) in [5.41, 5.74) is 2.41. The molecule has 2 heterocycles. The molecule has 1 fully saturated rings. The molecule has 4 heteroatoms. The average Bonchev–Trinajstić information content (AvgIpc) is 3.10. The molecule has 0 N–H and O–H groups in total. The first-order chi connectivity index (χ1) is 10.7. The van der Waals surface area contributed by atoms with Crippen LogP contribution in [0.25, 0.3) is 11.3 Å². The molecule has 1 saturated carbocycles. The Bertz CT molecular complexity index is 711. The summed E-state index contributed by atoms with van der Waals surface area (Å²) in [5, 5.41) is 0. The molecule has 1 aromatic carbocycles. The molecule has 3 nitrogen and oxygen atoms in total. The van der Waals surface area contributed by atoms with E-state index in [1.165, 1.54) is 11.1 Å². The molecule has 0 amide bonds. The van der Waals surface area contributed by atoms with E-state index in [0.29, 0.717) is 32.1 Å². The van der Waals surface area contributed by atoms with Crippen molar-refractivity contribution in [3.63, 3.8) is 0 Å². The Labute approximate surface area is 129 Å². The van der Waals surface area contributed by atoms with Crippen LogP contribution in [0.15, 0.2) is 36.8 Å². The molecule has 1 atom stereocenters. The Morgan fingerprint density at radius 2 is 2.05 bits per heavy atom. The van der Waals surface area contributed by atoms with Gasteiger partial charge in [0.2, 0.25) is 0 Å². The molecule has 1 aliphatic heterocycles. The van der Waals surface area contributed by atoms with Gasteiger partial charge in [-0.05, 0) is 31.2 Å². The van der Waals surface area contributed by atoms with Crippen LogP contribution >= 0.6 is 0 Å². The average molecular weight is 298 g/mol. The monoisotopic (exact) mass is 298 g/mol. The van der Waals surface area contributed by atoms with E-state index < -0.39 is 5.67 Å². The van der Waals surface area contributed by atoms with Gasteiger partial charge in [0.1, 0.15) is 11.5 Å². The number of fused-ring (bicyclic) bond motifs is 3. The van der Waals surface area contributed by atoms with E-state index in [-0.39, 0.29) is 11.8 Å². The maximum atomic E-state index is 14.9. The first-order valence-electron chi connectivity index (χ1n) is 7.98. The molecule has 2 aliphatic rings. The summed E-state index contributed by atoms with van der Waals surface area (Å²) < 4.78 is 17.1. The molecule has 0 radical (unpaired) electrons. The number of benzene rings is 1. The van der Waals surface area contributed by atoms with Gasteiger partial charge in [-0.3, -0.25) is 4.79 Å². The molecule has 4 rings (SSSR count). The number of imidazole rings is 1. The van der Waals surface area contributed by atoms with Crippen molar-refractivity contribution in [3.05, 3.63) is 42.4 Å². The van der Waals surface area contributed by atoms with Crippen molar-refractivity contribution < 1.29 is 9.18 Å². The number of alkyl halides is 1. The van der Waals surface area contributed by atoms with E-state index in [1.807, 2.05) is 24.7 Å². The number of carbonyl (C=O) groups excluding carboxylic acids is 1. The second-order valence-electron chi connectivity index (χ2n) is 6.52. The number of ketones is 1. The van der Waals surface area contributed by atoms with Gasteiger partial charge in [-0.15, -0.1) is 0 Å². The van der Waals surface area contributed by atoms with Gasteiger partial charge in [-0.25, -0.2) is 9.37 Å². The van der Waals surface area contributed by atoms with E-state index in [1.54, 1.807) is 0 Å². The van der Waals surface area contributed by atoms with E-state index >= 15 is 0 Å². The number of aromatic nitrogens is 2. The standard InChI is InChI=1S/C18H19FN2O/c19-18(8-5-13(22)6-9-18)10-7-16-14-3-1-2-4-15(14)17-11-20-12-21(16)17/h1-4,11-12,16H,5-10H2. The highest BCUT2D eigenvalue weighted by Crippen LogP contribution is 2.44. The lowest BCUT2D eigenvalue weighted by Gasteiger charge is -2.30. The predicted octanol–water partition coefficient (Wildman–Crippen LogP) is 4.08. The van der Waals surface area contributed by atoms with E-state index in [0.717, 1.165) is 12.1 Å². The first kappa shape index (κ1) is 13.7. The number of carbonyl (C=O) groups is 1. The summed E-state index contributed by atoms with van der Waals surface area (Å²) in [5.74, 6) is 0.205. The van der Waals surface area contributed by atoms with Crippen molar-refractivity contribution in [2.75, 3.05) is 0 Å². The lowest BCUT2D eigenvalue weighted by Crippen LogP contribution is -2.30. The van der Waals surface area contributed by atoms with Crippen molar-refractivity contribution >= 4 is 5.78 Å². The Morgan fingerprint density at radius 1 is 1.27 bits per heavy atom. The van der Waals surface area contributed by atoms with Crippen LogP contribution in [-0.2, 0) is 4.79 Å². The number of halogens is 1. The summed E-state index contributed by atoms with van der Waals surface area (Å²) in [6.07, 6.45) is 6.55. The zero-order chi connectivity index (χ0) is 15.2. The van der Waals surface area contributed by atoms with Crippen molar-refractivity contribution in [1.29, 1.82) is 0 Å². The summed E-state index contributed by atoms with van der Waals surface area (Å²) in [7, 11) is 0. The lowest BCUT2D eigenvalue weighted by atomic mass is 9.81. The van der Waals surface area contributed by atoms with Gasteiger partial charge in [0.15, 0.2) is 0 Å². The molecule has 22 heavy (non-hydrogen) atoms. The molecular weight excluding hydrogens is 279 g/mol.